The van der Waals surface area contributed by atoms with E-state index in [2.05, 4.69) is 4.74 Å². The highest BCUT2D eigenvalue weighted by Crippen LogP contribution is 2.12. The van der Waals surface area contributed by atoms with Crippen molar-refractivity contribution in [1.82, 2.24) is 8.61 Å². The Hall–Kier alpha value is -0.710. The number of rotatable bonds is 5. The van der Waals surface area contributed by atoms with Crippen molar-refractivity contribution in [2.45, 2.75) is 6.42 Å². The maximum Gasteiger partial charge on any atom is 0.306 e. The largest absolute Gasteiger partial charge is 0.469 e. The van der Waals surface area contributed by atoms with Crippen LogP contribution in [-0.4, -0.2) is 76.7 Å². The minimum absolute atomic E-state index is 0.00173. The second kappa shape index (κ2) is 6.16. The van der Waals surface area contributed by atoms with E-state index in [4.69, 9.17) is 0 Å². The van der Waals surface area contributed by atoms with E-state index in [1.54, 1.807) is 0 Å². The molecule has 1 fully saturated rings. The number of methoxy groups -OCH3 is 1. The number of esters is 1. The molecule has 112 valence electrons. The summed E-state index contributed by atoms with van der Waals surface area (Å²) in [6.07, 6.45) is -0.0433. The molecule has 0 aromatic heterocycles. The third kappa shape index (κ3) is 4.41. The van der Waals surface area contributed by atoms with E-state index in [0.717, 1.165) is 8.61 Å². The first-order chi connectivity index (χ1) is 8.69. The van der Waals surface area contributed by atoms with Crippen LogP contribution >= 0.6 is 0 Å². The van der Waals surface area contributed by atoms with Crippen molar-refractivity contribution < 1.29 is 26.4 Å². The topological polar surface area (TPSA) is 101 Å². The lowest BCUT2D eigenvalue weighted by Gasteiger charge is -2.29. The summed E-state index contributed by atoms with van der Waals surface area (Å²) in [5.74, 6) is -0.836. The average molecular weight is 314 g/mol. The molecule has 1 saturated heterocycles. The highest BCUT2D eigenvalue weighted by molar-refractivity contribution is 7.91. The summed E-state index contributed by atoms with van der Waals surface area (Å²) >= 11 is 0. The monoisotopic (exact) mass is 314 g/mol. The smallest absolute Gasteiger partial charge is 0.306 e. The van der Waals surface area contributed by atoms with E-state index in [-0.39, 0.29) is 37.6 Å². The van der Waals surface area contributed by atoms with Gasteiger partial charge < -0.3 is 4.74 Å². The Labute approximate surface area is 113 Å². The summed E-state index contributed by atoms with van der Waals surface area (Å²) in [6.45, 7) is -0.0985. The highest BCUT2D eigenvalue weighted by atomic mass is 32.2. The summed E-state index contributed by atoms with van der Waals surface area (Å²) in [7, 11) is -4.27. The third-order valence-electron chi connectivity index (χ3n) is 2.88. The van der Waals surface area contributed by atoms with Crippen molar-refractivity contribution in [1.29, 1.82) is 0 Å². The van der Waals surface area contributed by atoms with E-state index in [1.807, 2.05) is 0 Å². The van der Waals surface area contributed by atoms with Gasteiger partial charge in [0.1, 0.15) is 0 Å². The molecule has 1 heterocycles. The quantitative estimate of drug-likeness (QED) is 0.570. The van der Waals surface area contributed by atoms with Crippen LogP contribution < -0.4 is 0 Å². The molecule has 0 aliphatic carbocycles. The third-order valence-corrected chi connectivity index (χ3v) is 6.48. The van der Waals surface area contributed by atoms with Gasteiger partial charge in [-0.1, -0.05) is 0 Å². The van der Waals surface area contributed by atoms with Gasteiger partial charge in [0.25, 0.3) is 10.2 Å². The fourth-order valence-electron chi connectivity index (χ4n) is 1.59. The lowest BCUT2D eigenvalue weighted by molar-refractivity contribution is -0.140. The maximum atomic E-state index is 12.1. The Morgan fingerprint density at radius 3 is 2.32 bits per heavy atom. The zero-order chi connectivity index (χ0) is 14.7. The molecular weight excluding hydrogens is 296 g/mol. The van der Waals surface area contributed by atoms with Crippen molar-refractivity contribution >= 4 is 26.0 Å². The Morgan fingerprint density at radius 2 is 1.84 bits per heavy atom. The molecular formula is C9H18N2O6S2. The summed E-state index contributed by atoms with van der Waals surface area (Å²) in [5.41, 5.74) is 0. The number of hydrogen-bond acceptors (Lipinski definition) is 6. The molecule has 8 nitrogen and oxygen atoms in total. The van der Waals surface area contributed by atoms with Gasteiger partial charge in [-0.05, 0) is 0 Å². The zero-order valence-electron chi connectivity index (χ0n) is 10.9. The van der Waals surface area contributed by atoms with E-state index in [1.165, 1.54) is 14.2 Å². The summed E-state index contributed by atoms with van der Waals surface area (Å²) < 4.78 is 53.3. The summed E-state index contributed by atoms with van der Waals surface area (Å²) in [5, 5.41) is 0. The van der Waals surface area contributed by atoms with Crippen LogP contribution in [0.2, 0.25) is 0 Å². The first-order valence-corrected chi connectivity index (χ1v) is 8.89. The first kappa shape index (κ1) is 16.3. The van der Waals surface area contributed by atoms with Crippen molar-refractivity contribution in [3.8, 4) is 0 Å². The zero-order valence-corrected chi connectivity index (χ0v) is 12.5. The predicted molar refractivity (Wildman–Crippen MR) is 68.4 cm³/mol. The number of carbonyl (C=O) groups is 1. The van der Waals surface area contributed by atoms with Crippen LogP contribution in [0.4, 0.5) is 0 Å². The molecule has 0 N–H and O–H groups in total. The molecule has 0 aromatic carbocycles. The summed E-state index contributed by atoms with van der Waals surface area (Å²) in [4.78, 5) is 11.0. The number of ether oxygens (including phenoxy) is 1. The molecule has 10 heteroatoms. The Balaban J connectivity index is 2.63. The van der Waals surface area contributed by atoms with Crippen LogP contribution in [0.3, 0.4) is 0 Å². The molecule has 1 aliphatic rings. The second-order valence-electron chi connectivity index (χ2n) is 4.21. The highest BCUT2D eigenvalue weighted by Gasteiger charge is 2.32. The van der Waals surface area contributed by atoms with Gasteiger partial charge in [0.2, 0.25) is 0 Å². The molecule has 0 radical (unpaired) electrons. The van der Waals surface area contributed by atoms with E-state index in [9.17, 15) is 21.6 Å². The van der Waals surface area contributed by atoms with E-state index in [0.29, 0.717) is 0 Å². The minimum Gasteiger partial charge on any atom is -0.469 e. The van der Waals surface area contributed by atoms with Gasteiger partial charge in [0.05, 0.1) is 25.0 Å². The standard InChI is InChI=1S/C9H18N2O6S2/c1-10(4-3-9(12)17-2)19(15,16)11-5-7-18(13,14)8-6-11/h3-8H2,1-2H3. The number of hydrogen-bond donors (Lipinski definition) is 0. The van der Waals surface area contributed by atoms with Gasteiger partial charge in [-0.2, -0.15) is 17.0 Å². The minimum atomic E-state index is -3.72. The molecule has 0 atom stereocenters. The van der Waals surface area contributed by atoms with Gasteiger partial charge in [0.15, 0.2) is 9.84 Å². The molecule has 0 aromatic rings. The van der Waals surface area contributed by atoms with Crippen LogP contribution in [0.15, 0.2) is 0 Å². The van der Waals surface area contributed by atoms with Crippen molar-refractivity contribution in [3.05, 3.63) is 0 Å². The van der Waals surface area contributed by atoms with E-state index < -0.39 is 26.0 Å². The lowest BCUT2D eigenvalue weighted by Crippen LogP contribution is -2.49. The van der Waals surface area contributed by atoms with Crippen LogP contribution in [0, 0.1) is 0 Å². The molecule has 0 saturated carbocycles. The molecule has 0 spiro atoms. The second-order valence-corrected chi connectivity index (χ2v) is 8.55. The van der Waals surface area contributed by atoms with Crippen LogP contribution in [-0.2, 0) is 29.6 Å². The normalized spacial score (nSPS) is 20.4. The Bertz CT molecular complexity index is 513. The van der Waals surface area contributed by atoms with Crippen LogP contribution in [0.5, 0.6) is 0 Å². The Morgan fingerprint density at radius 1 is 1.32 bits per heavy atom. The number of nitrogens with zero attached hydrogens (tertiary/aromatic N) is 2. The lowest BCUT2D eigenvalue weighted by atomic mass is 10.4. The van der Waals surface area contributed by atoms with E-state index >= 15 is 0 Å². The average Bonchev–Trinajstić information content (AvgIpc) is 2.34. The van der Waals surface area contributed by atoms with Gasteiger partial charge >= 0.3 is 5.97 Å². The molecule has 19 heavy (non-hydrogen) atoms. The molecule has 0 amide bonds. The SMILES string of the molecule is COC(=O)CCN(C)S(=O)(=O)N1CCS(=O)(=O)CC1. The first-order valence-electron chi connectivity index (χ1n) is 5.68. The molecule has 0 unspecified atom stereocenters. The number of sulfone groups is 1. The van der Waals surface area contributed by atoms with Gasteiger partial charge in [-0.15, -0.1) is 0 Å². The fraction of sp³-hybridized carbons (Fsp3) is 0.889. The van der Waals surface area contributed by atoms with Gasteiger partial charge in [0, 0.05) is 26.7 Å². The maximum absolute atomic E-state index is 12.1. The van der Waals surface area contributed by atoms with Gasteiger partial charge in [-0.25, -0.2) is 8.42 Å². The predicted octanol–water partition coefficient (Wildman–Crippen LogP) is -1.54. The molecule has 0 bridgehead atoms. The Kier molecular flexibility index (Phi) is 5.30. The van der Waals surface area contributed by atoms with Crippen molar-refractivity contribution in [2.75, 3.05) is 45.3 Å². The van der Waals surface area contributed by atoms with Crippen molar-refractivity contribution in [2.24, 2.45) is 0 Å². The fourth-order valence-corrected chi connectivity index (χ4v) is 4.38. The molecule has 1 rings (SSSR count). The van der Waals surface area contributed by atoms with Crippen LogP contribution in [0.25, 0.3) is 0 Å². The van der Waals surface area contributed by atoms with Crippen molar-refractivity contribution in [3.63, 3.8) is 0 Å². The summed E-state index contributed by atoms with van der Waals surface area (Å²) in [6, 6.07) is 0. The van der Waals surface area contributed by atoms with Gasteiger partial charge in [-0.3, -0.25) is 4.79 Å². The molecule has 1 aliphatic heterocycles. The number of carbonyl (C=O) groups excluding carboxylic acids is 1. The van der Waals surface area contributed by atoms with Crippen LogP contribution in [0.1, 0.15) is 6.42 Å².